The van der Waals surface area contributed by atoms with Crippen LogP contribution >= 0.6 is 0 Å². The molecule has 1 saturated heterocycles. The summed E-state index contributed by atoms with van der Waals surface area (Å²) in [4.78, 5) is 2.42. The number of hydrogen-bond acceptors (Lipinski definition) is 2. The summed E-state index contributed by atoms with van der Waals surface area (Å²) in [6, 6.07) is 0. The van der Waals surface area contributed by atoms with Crippen LogP contribution in [0.4, 0.5) is 0 Å². The minimum Gasteiger partial charge on any atom is -0.303 e. The van der Waals surface area contributed by atoms with Crippen LogP contribution in [0.1, 0.15) is 12.8 Å². The maximum Gasteiger partial charge on any atom is 0.0481 e. The maximum atomic E-state index is 3.80. The molecule has 2 heteroatoms. The Hall–Kier alpha value is -0.0800. The lowest BCUT2D eigenvalue weighted by atomic mass is 10.3. The maximum absolute atomic E-state index is 3.80. The van der Waals surface area contributed by atoms with E-state index in [1.54, 1.807) is 0 Å². The average Bonchev–Trinajstić information content (AvgIpc) is 2.34. The van der Waals surface area contributed by atoms with E-state index in [0.29, 0.717) is 0 Å². The molecule has 1 aliphatic rings. The van der Waals surface area contributed by atoms with Gasteiger partial charge < -0.3 is 5.32 Å². The van der Waals surface area contributed by atoms with E-state index < -0.39 is 0 Å². The summed E-state index contributed by atoms with van der Waals surface area (Å²) >= 11 is 0. The third-order valence-electron chi connectivity index (χ3n) is 1.66. The fraction of sp³-hybridized carbons (Fsp3) is 0.857. The average molecular weight is 127 g/mol. The number of hydrogen-bond donors (Lipinski definition) is 1. The molecule has 0 aromatic heterocycles. The molecule has 1 fully saturated rings. The molecule has 0 aromatic carbocycles. The monoisotopic (exact) mass is 127 g/mol. The lowest BCUT2D eigenvalue weighted by Crippen LogP contribution is -2.22. The zero-order valence-corrected chi connectivity index (χ0v) is 5.90. The van der Waals surface area contributed by atoms with Crippen LogP contribution in [0.2, 0.25) is 0 Å². The standard InChI is InChI=1S/C7H15N2/c1-2-3-5-9-6-4-8-7-9/h8H,1-7H2. The molecular formula is C7H15N2. The first kappa shape index (κ1) is 7.03. The molecule has 0 bridgehead atoms. The molecule has 1 rings (SSSR count). The first-order valence-electron chi connectivity index (χ1n) is 3.66. The van der Waals surface area contributed by atoms with Gasteiger partial charge in [-0.3, -0.25) is 4.90 Å². The van der Waals surface area contributed by atoms with Crippen molar-refractivity contribution >= 4 is 0 Å². The van der Waals surface area contributed by atoms with E-state index in [2.05, 4.69) is 17.1 Å². The van der Waals surface area contributed by atoms with E-state index in [0.717, 1.165) is 19.6 Å². The predicted octanol–water partition coefficient (Wildman–Crippen LogP) is 0.463. The van der Waals surface area contributed by atoms with Crippen molar-refractivity contribution < 1.29 is 0 Å². The van der Waals surface area contributed by atoms with E-state index >= 15 is 0 Å². The Morgan fingerprint density at radius 1 is 1.56 bits per heavy atom. The van der Waals surface area contributed by atoms with Crippen LogP contribution in [0.15, 0.2) is 0 Å². The normalized spacial score (nSPS) is 21.0. The Balaban J connectivity index is 1.98. The summed E-state index contributed by atoms with van der Waals surface area (Å²) in [5.41, 5.74) is 0. The van der Waals surface area contributed by atoms with Crippen molar-refractivity contribution in [1.29, 1.82) is 0 Å². The second-order valence-electron chi connectivity index (χ2n) is 2.48. The van der Waals surface area contributed by atoms with E-state index in [1.807, 2.05) is 0 Å². The molecule has 2 nitrogen and oxygen atoms in total. The van der Waals surface area contributed by atoms with Crippen molar-refractivity contribution in [3.63, 3.8) is 0 Å². The van der Waals surface area contributed by atoms with Crippen molar-refractivity contribution in [3.05, 3.63) is 6.92 Å². The highest BCUT2D eigenvalue weighted by Gasteiger charge is 2.07. The fourth-order valence-corrected chi connectivity index (χ4v) is 1.08. The largest absolute Gasteiger partial charge is 0.303 e. The number of unbranched alkanes of at least 4 members (excludes halogenated alkanes) is 1. The summed E-state index contributed by atoms with van der Waals surface area (Å²) in [5, 5.41) is 3.29. The molecule has 1 aliphatic heterocycles. The van der Waals surface area contributed by atoms with Gasteiger partial charge in [-0.2, -0.15) is 0 Å². The van der Waals surface area contributed by atoms with Crippen LogP contribution < -0.4 is 5.32 Å². The molecular weight excluding hydrogens is 112 g/mol. The third-order valence-corrected chi connectivity index (χ3v) is 1.66. The second-order valence-corrected chi connectivity index (χ2v) is 2.48. The van der Waals surface area contributed by atoms with Crippen molar-refractivity contribution in [2.24, 2.45) is 0 Å². The summed E-state index contributed by atoms with van der Waals surface area (Å²) in [6.07, 6.45) is 2.30. The Labute approximate surface area is 57.2 Å². The van der Waals surface area contributed by atoms with Gasteiger partial charge in [0, 0.05) is 19.8 Å². The van der Waals surface area contributed by atoms with Crippen LogP contribution in [0.5, 0.6) is 0 Å². The summed E-state index contributed by atoms with van der Waals surface area (Å²) in [5.74, 6) is 0. The van der Waals surface area contributed by atoms with Gasteiger partial charge in [0.1, 0.15) is 0 Å². The number of rotatable bonds is 3. The molecule has 9 heavy (non-hydrogen) atoms. The van der Waals surface area contributed by atoms with Gasteiger partial charge in [-0.1, -0.05) is 13.3 Å². The minimum atomic E-state index is 1.07. The van der Waals surface area contributed by atoms with Crippen LogP contribution in [0.25, 0.3) is 0 Å². The van der Waals surface area contributed by atoms with Gasteiger partial charge in [0.05, 0.1) is 0 Å². The second kappa shape index (κ2) is 3.85. The van der Waals surface area contributed by atoms with Crippen molar-refractivity contribution in [2.45, 2.75) is 12.8 Å². The molecule has 0 spiro atoms. The van der Waals surface area contributed by atoms with Crippen LogP contribution in [0, 0.1) is 6.92 Å². The molecule has 53 valence electrons. The first-order chi connectivity index (χ1) is 4.43. The summed E-state index contributed by atoms with van der Waals surface area (Å²) in [6.45, 7) is 8.49. The summed E-state index contributed by atoms with van der Waals surface area (Å²) < 4.78 is 0. The topological polar surface area (TPSA) is 15.3 Å². The summed E-state index contributed by atoms with van der Waals surface area (Å²) in [7, 11) is 0. The SMILES string of the molecule is [CH2]CCCN1CCNC1. The molecule has 1 heterocycles. The van der Waals surface area contributed by atoms with Gasteiger partial charge in [0.15, 0.2) is 0 Å². The van der Waals surface area contributed by atoms with E-state index in [4.69, 9.17) is 0 Å². The molecule has 0 aromatic rings. The van der Waals surface area contributed by atoms with Gasteiger partial charge >= 0.3 is 0 Å². The molecule has 0 amide bonds. The van der Waals surface area contributed by atoms with E-state index in [-0.39, 0.29) is 0 Å². The highest BCUT2D eigenvalue weighted by molar-refractivity contribution is 4.65. The Morgan fingerprint density at radius 2 is 2.44 bits per heavy atom. The molecule has 1 N–H and O–H groups in total. The van der Waals surface area contributed by atoms with Gasteiger partial charge in [0.25, 0.3) is 0 Å². The first-order valence-corrected chi connectivity index (χ1v) is 3.66. The molecule has 0 unspecified atom stereocenters. The molecule has 0 aliphatic carbocycles. The van der Waals surface area contributed by atoms with Gasteiger partial charge in [-0.05, 0) is 13.0 Å². The Morgan fingerprint density at radius 3 is 3.00 bits per heavy atom. The van der Waals surface area contributed by atoms with Gasteiger partial charge in [-0.15, -0.1) is 0 Å². The minimum absolute atomic E-state index is 1.07. The lowest BCUT2D eigenvalue weighted by molar-refractivity contribution is 0.331. The van der Waals surface area contributed by atoms with Crippen molar-refractivity contribution in [3.8, 4) is 0 Å². The smallest absolute Gasteiger partial charge is 0.0481 e. The van der Waals surface area contributed by atoms with E-state index in [1.165, 1.54) is 19.5 Å². The predicted molar refractivity (Wildman–Crippen MR) is 39.0 cm³/mol. The zero-order chi connectivity index (χ0) is 6.53. The van der Waals surface area contributed by atoms with E-state index in [9.17, 15) is 0 Å². The zero-order valence-electron chi connectivity index (χ0n) is 5.90. The highest BCUT2D eigenvalue weighted by Crippen LogP contribution is 1.95. The fourth-order valence-electron chi connectivity index (χ4n) is 1.08. The third kappa shape index (κ3) is 2.33. The quantitative estimate of drug-likeness (QED) is 0.592. The van der Waals surface area contributed by atoms with Crippen LogP contribution in [-0.4, -0.2) is 31.2 Å². The highest BCUT2D eigenvalue weighted by atomic mass is 15.3. The van der Waals surface area contributed by atoms with Crippen molar-refractivity contribution in [2.75, 3.05) is 26.3 Å². The molecule has 1 radical (unpaired) electrons. The van der Waals surface area contributed by atoms with Crippen LogP contribution in [0.3, 0.4) is 0 Å². The Kier molecular flexibility index (Phi) is 3.01. The van der Waals surface area contributed by atoms with Crippen molar-refractivity contribution in [1.82, 2.24) is 10.2 Å². The number of nitrogens with one attached hydrogen (secondary N) is 1. The lowest BCUT2D eigenvalue weighted by Gasteiger charge is -2.11. The molecule has 0 saturated carbocycles. The molecule has 0 atom stereocenters. The van der Waals surface area contributed by atoms with Gasteiger partial charge in [-0.25, -0.2) is 0 Å². The Bertz CT molecular complexity index is 67.3. The van der Waals surface area contributed by atoms with Gasteiger partial charge in [0.2, 0.25) is 0 Å². The van der Waals surface area contributed by atoms with Crippen LogP contribution in [-0.2, 0) is 0 Å². The number of nitrogens with zero attached hydrogens (tertiary/aromatic N) is 1.